The molecule has 96 valence electrons. The van der Waals surface area contributed by atoms with E-state index in [2.05, 4.69) is 71.7 Å². The molecule has 1 heteroatoms. The number of anilines is 2. The van der Waals surface area contributed by atoms with Crippen LogP contribution in [0.2, 0.25) is 0 Å². The second kappa shape index (κ2) is 3.63. The third kappa shape index (κ3) is 1.18. The van der Waals surface area contributed by atoms with Gasteiger partial charge in [0.15, 0.2) is 0 Å². The average molecular weight is 257 g/mol. The van der Waals surface area contributed by atoms with Crippen LogP contribution in [0.25, 0.3) is 5.57 Å². The van der Waals surface area contributed by atoms with E-state index in [1.807, 2.05) is 0 Å². The van der Waals surface area contributed by atoms with E-state index in [4.69, 9.17) is 0 Å². The standard InChI is InChI=1S/C19H15N/c1-3-10-17-13(6-1)12-14-7-5-9-16-15-8-2-4-11-18(15)20(17)19(14)16/h1-11,14,19H,12H2. The molecule has 0 radical (unpaired) electrons. The molecular formula is C19H15N. The Balaban J connectivity index is 1.84. The molecule has 2 unspecified atom stereocenters. The highest BCUT2D eigenvalue weighted by molar-refractivity contribution is 5.94. The molecule has 0 saturated carbocycles. The quantitative estimate of drug-likeness (QED) is 0.679. The van der Waals surface area contributed by atoms with Crippen molar-refractivity contribution < 1.29 is 0 Å². The number of benzene rings is 2. The molecule has 3 aliphatic rings. The number of nitrogens with zero attached hydrogens (tertiary/aromatic N) is 1. The normalized spacial score (nSPS) is 24.8. The van der Waals surface area contributed by atoms with Gasteiger partial charge in [-0.2, -0.15) is 0 Å². The lowest BCUT2D eigenvalue weighted by molar-refractivity contribution is 0.555. The first kappa shape index (κ1) is 10.5. The molecule has 5 rings (SSSR count). The molecule has 0 N–H and O–H groups in total. The SMILES string of the molecule is C1=CC2Cc3ccccc3N3c4ccccc4C(=C1)C23. The number of allylic oxidation sites excluding steroid dienone is 2. The molecule has 2 atom stereocenters. The number of hydrogen-bond donors (Lipinski definition) is 0. The van der Waals surface area contributed by atoms with Gasteiger partial charge in [0.1, 0.15) is 0 Å². The van der Waals surface area contributed by atoms with Gasteiger partial charge in [-0.3, -0.25) is 0 Å². The Kier molecular flexibility index (Phi) is 1.91. The van der Waals surface area contributed by atoms with Gasteiger partial charge in [0.25, 0.3) is 0 Å². The van der Waals surface area contributed by atoms with Crippen LogP contribution in [0, 0.1) is 5.92 Å². The zero-order valence-corrected chi connectivity index (χ0v) is 11.2. The Labute approximate surface area is 118 Å². The Hall–Kier alpha value is -2.28. The fourth-order valence-electron chi connectivity index (χ4n) is 4.03. The number of fused-ring (bicyclic) bond motifs is 5. The number of hydrogen-bond acceptors (Lipinski definition) is 1. The minimum absolute atomic E-state index is 0.493. The van der Waals surface area contributed by atoms with Crippen LogP contribution in [0.3, 0.4) is 0 Å². The molecule has 1 nitrogen and oxygen atoms in total. The van der Waals surface area contributed by atoms with Crippen LogP contribution >= 0.6 is 0 Å². The molecule has 0 aromatic heterocycles. The molecule has 2 aromatic rings. The molecule has 0 spiro atoms. The van der Waals surface area contributed by atoms with Gasteiger partial charge in [-0.1, -0.05) is 54.6 Å². The van der Waals surface area contributed by atoms with E-state index >= 15 is 0 Å². The molecule has 0 fully saturated rings. The Bertz CT molecular complexity index is 769. The van der Waals surface area contributed by atoms with E-state index in [0.717, 1.165) is 6.42 Å². The summed E-state index contributed by atoms with van der Waals surface area (Å²) >= 11 is 0. The predicted molar refractivity (Wildman–Crippen MR) is 83.1 cm³/mol. The average Bonchev–Trinajstić information content (AvgIpc) is 2.85. The van der Waals surface area contributed by atoms with Crippen molar-refractivity contribution in [2.24, 2.45) is 5.92 Å². The minimum atomic E-state index is 0.493. The molecule has 1 aliphatic carbocycles. The minimum Gasteiger partial charge on any atom is -0.333 e. The van der Waals surface area contributed by atoms with Crippen molar-refractivity contribution in [2.75, 3.05) is 4.90 Å². The van der Waals surface area contributed by atoms with Crippen LogP contribution in [0.15, 0.2) is 66.8 Å². The summed E-state index contributed by atoms with van der Waals surface area (Å²) in [6.45, 7) is 0. The zero-order valence-electron chi connectivity index (χ0n) is 11.2. The molecule has 2 heterocycles. The van der Waals surface area contributed by atoms with Gasteiger partial charge in [-0.05, 0) is 29.7 Å². The summed E-state index contributed by atoms with van der Waals surface area (Å²) in [5.41, 5.74) is 7.12. The largest absolute Gasteiger partial charge is 0.333 e. The summed E-state index contributed by atoms with van der Waals surface area (Å²) in [4.78, 5) is 2.55. The zero-order chi connectivity index (χ0) is 13.1. The van der Waals surface area contributed by atoms with Crippen molar-refractivity contribution in [3.8, 4) is 0 Å². The summed E-state index contributed by atoms with van der Waals surface area (Å²) in [5, 5.41) is 0. The van der Waals surface area contributed by atoms with Crippen LogP contribution in [0.5, 0.6) is 0 Å². The molecule has 2 aliphatic heterocycles. The summed E-state index contributed by atoms with van der Waals surface area (Å²) in [6, 6.07) is 18.2. The third-order valence-electron chi connectivity index (χ3n) is 4.82. The van der Waals surface area contributed by atoms with Gasteiger partial charge < -0.3 is 4.90 Å². The van der Waals surface area contributed by atoms with Crippen molar-refractivity contribution in [3.05, 3.63) is 77.9 Å². The van der Waals surface area contributed by atoms with Gasteiger partial charge in [0, 0.05) is 22.9 Å². The molecule has 0 bridgehead atoms. The van der Waals surface area contributed by atoms with Gasteiger partial charge in [0.05, 0.1) is 6.04 Å². The van der Waals surface area contributed by atoms with Gasteiger partial charge in [0.2, 0.25) is 0 Å². The molecular weight excluding hydrogens is 242 g/mol. The van der Waals surface area contributed by atoms with E-state index in [-0.39, 0.29) is 0 Å². The predicted octanol–water partition coefficient (Wildman–Crippen LogP) is 4.33. The maximum absolute atomic E-state index is 2.55. The van der Waals surface area contributed by atoms with E-state index in [0.29, 0.717) is 12.0 Å². The highest BCUT2D eigenvalue weighted by atomic mass is 15.2. The van der Waals surface area contributed by atoms with E-state index in [1.165, 1.54) is 28.1 Å². The highest BCUT2D eigenvalue weighted by Gasteiger charge is 2.43. The summed E-state index contributed by atoms with van der Waals surface area (Å²) in [5.74, 6) is 0.595. The fraction of sp³-hybridized carbons (Fsp3) is 0.158. The van der Waals surface area contributed by atoms with Crippen molar-refractivity contribution in [1.82, 2.24) is 0 Å². The van der Waals surface area contributed by atoms with Gasteiger partial charge in [-0.15, -0.1) is 0 Å². The monoisotopic (exact) mass is 257 g/mol. The Morgan fingerprint density at radius 2 is 1.70 bits per heavy atom. The van der Waals surface area contributed by atoms with Crippen molar-refractivity contribution in [3.63, 3.8) is 0 Å². The molecule has 20 heavy (non-hydrogen) atoms. The van der Waals surface area contributed by atoms with Gasteiger partial charge in [-0.25, -0.2) is 0 Å². The first-order valence-corrected chi connectivity index (χ1v) is 7.28. The summed E-state index contributed by atoms with van der Waals surface area (Å²) < 4.78 is 0. The topological polar surface area (TPSA) is 3.24 Å². The van der Waals surface area contributed by atoms with Crippen molar-refractivity contribution >= 4 is 16.9 Å². The third-order valence-corrected chi connectivity index (χ3v) is 4.82. The van der Waals surface area contributed by atoms with Crippen LogP contribution < -0.4 is 4.90 Å². The van der Waals surface area contributed by atoms with E-state index in [9.17, 15) is 0 Å². The number of rotatable bonds is 0. The molecule has 2 aromatic carbocycles. The molecule has 0 amide bonds. The van der Waals surface area contributed by atoms with Crippen molar-refractivity contribution in [2.45, 2.75) is 12.5 Å². The maximum atomic E-state index is 2.55. The van der Waals surface area contributed by atoms with E-state index in [1.54, 1.807) is 0 Å². The van der Waals surface area contributed by atoms with Crippen LogP contribution in [0.1, 0.15) is 11.1 Å². The van der Waals surface area contributed by atoms with Crippen LogP contribution in [0.4, 0.5) is 11.4 Å². The van der Waals surface area contributed by atoms with Crippen LogP contribution in [-0.2, 0) is 6.42 Å². The summed E-state index contributed by atoms with van der Waals surface area (Å²) in [6.07, 6.45) is 8.07. The Morgan fingerprint density at radius 3 is 2.65 bits per heavy atom. The fourth-order valence-corrected chi connectivity index (χ4v) is 4.03. The van der Waals surface area contributed by atoms with Gasteiger partial charge >= 0.3 is 0 Å². The lowest BCUT2D eigenvalue weighted by Gasteiger charge is -2.40. The molecule has 0 saturated heterocycles. The number of para-hydroxylation sites is 2. The Morgan fingerprint density at radius 1 is 0.900 bits per heavy atom. The second-order valence-corrected chi connectivity index (χ2v) is 5.84. The first-order valence-electron chi connectivity index (χ1n) is 7.28. The lowest BCUT2D eigenvalue weighted by Crippen LogP contribution is -2.39. The second-order valence-electron chi connectivity index (χ2n) is 5.84. The van der Waals surface area contributed by atoms with Crippen LogP contribution in [-0.4, -0.2) is 6.04 Å². The lowest BCUT2D eigenvalue weighted by atomic mass is 9.80. The first-order chi connectivity index (χ1) is 9.93. The van der Waals surface area contributed by atoms with Crippen molar-refractivity contribution in [1.29, 1.82) is 0 Å². The van der Waals surface area contributed by atoms with E-state index < -0.39 is 0 Å². The maximum Gasteiger partial charge on any atom is 0.0664 e. The highest BCUT2D eigenvalue weighted by Crippen LogP contribution is 2.52. The smallest absolute Gasteiger partial charge is 0.0664 e. The summed E-state index contributed by atoms with van der Waals surface area (Å²) in [7, 11) is 0.